The van der Waals surface area contributed by atoms with Crippen LogP contribution in [0.2, 0.25) is 0 Å². The first-order valence-corrected chi connectivity index (χ1v) is 6.97. The molecule has 1 aromatic carbocycles. The zero-order chi connectivity index (χ0) is 12.0. The maximum atomic E-state index is 4.67. The topological polar surface area (TPSA) is 28.7 Å². The summed E-state index contributed by atoms with van der Waals surface area (Å²) in [7, 11) is 0. The molecule has 86 valence electrons. The van der Waals surface area contributed by atoms with Crippen LogP contribution in [0.3, 0.4) is 0 Å². The average Bonchev–Trinajstić information content (AvgIpc) is 2.83. The summed E-state index contributed by atoms with van der Waals surface area (Å²) in [4.78, 5) is 9.21. The number of aromatic amines is 1. The highest BCUT2D eigenvalue weighted by molar-refractivity contribution is 9.11. The number of rotatable bonds is 1. The summed E-state index contributed by atoms with van der Waals surface area (Å²) in [5.74, 6) is 0.949. The molecular weight excluding hydrogens is 296 g/mol. The maximum absolute atomic E-state index is 4.67. The Morgan fingerprint density at radius 2 is 2.06 bits per heavy atom. The molecule has 0 fully saturated rings. The first-order valence-electron chi connectivity index (χ1n) is 5.36. The molecule has 0 spiro atoms. The van der Waals surface area contributed by atoms with Gasteiger partial charge in [0, 0.05) is 0 Å². The Bertz CT molecular complexity index is 697. The highest BCUT2D eigenvalue weighted by Crippen LogP contribution is 2.31. The van der Waals surface area contributed by atoms with E-state index in [0.29, 0.717) is 0 Å². The monoisotopic (exact) mass is 306 g/mol. The predicted octanol–water partition coefficient (Wildman–Crippen LogP) is 4.67. The van der Waals surface area contributed by atoms with Gasteiger partial charge in [-0.05, 0) is 59.1 Å². The van der Waals surface area contributed by atoms with E-state index in [1.807, 2.05) is 6.07 Å². The molecule has 3 aromatic rings. The molecule has 3 rings (SSSR count). The highest BCUT2D eigenvalue weighted by Gasteiger charge is 2.09. The van der Waals surface area contributed by atoms with Gasteiger partial charge in [-0.15, -0.1) is 11.3 Å². The second kappa shape index (κ2) is 3.96. The minimum Gasteiger partial charge on any atom is -0.337 e. The fourth-order valence-corrected chi connectivity index (χ4v) is 3.36. The number of nitrogens with one attached hydrogen (secondary N) is 1. The van der Waals surface area contributed by atoms with Crippen molar-refractivity contribution < 1.29 is 0 Å². The molecule has 0 amide bonds. The third kappa shape index (κ3) is 1.91. The molecule has 0 bridgehead atoms. The van der Waals surface area contributed by atoms with Crippen molar-refractivity contribution in [2.45, 2.75) is 13.8 Å². The molecule has 0 radical (unpaired) electrons. The number of fused-ring (bicyclic) bond motifs is 1. The summed E-state index contributed by atoms with van der Waals surface area (Å²) < 4.78 is 1.13. The van der Waals surface area contributed by atoms with E-state index in [-0.39, 0.29) is 0 Å². The van der Waals surface area contributed by atoms with E-state index >= 15 is 0 Å². The quantitative estimate of drug-likeness (QED) is 0.695. The highest BCUT2D eigenvalue weighted by atomic mass is 79.9. The van der Waals surface area contributed by atoms with Gasteiger partial charge in [0.15, 0.2) is 0 Å². The van der Waals surface area contributed by atoms with Gasteiger partial charge in [-0.3, -0.25) is 0 Å². The molecule has 0 saturated carbocycles. The maximum Gasteiger partial charge on any atom is 0.148 e. The minimum absolute atomic E-state index is 0.949. The Balaban J connectivity index is 2.23. The number of halogens is 1. The van der Waals surface area contributed by atoms with Crippen molar-refractivity contribution in [2.75, 3.05) is 0 Å². The van der Waals surface area contributed by atoms with Crippen LogP contribution in [0, 0.1) is 13.8 Å². The van der Waals surface area contributed by atoms with Crippen molar-refractivity contribution in [3.8, 4) is 10.7 Å². The molecule has 0 aliphatic carbocycles. The van der Waals surface area contributed by atoms with Gasteiger partial charge < -0.3 is 4.98 Å². The lowest BCUT2D eigenvalue weighted by Gasteiger charge is -1.96. The van der Waals surface area contributed by atoms with Crippen LogP contribution in [0.1, 0.15) is 11.1 Å². The standard InChI is InChI=1S/C13H11BrN2S/c1-7-5-8(2)12-9(6-7)15-13(16-12)10-3-4-11(14)17-10/h3-6H,1-2H3,(H,15,16). The summed E-state index contributed by atoms with van der Waals surface area (Å²) in [5, 5.41) is 0. The number of nitrogens with zero attached hydrogens (tertiary/aromatic N) is 1. The first-order chi connectivity index (χ1) is 8.13. The first kappa shape index (κ1) is 11.0. The SMILES string of the molecule is Cc1cc(C)c2nc(-c3ccc(Br)s3)[nH]c2c1. The van der Waals surface area contributed by atoms with Crippen molar-refractivity contribution in [2.24, 2.45) is 0 Å². The Labute approximate surface area is 112 Å². The van der Waals surface area contributed by atoms with Gasteiger partial charge in [-0.25, -0.2) is 4.98 Å². The lowest BCUT2D eigenvalue weighted by molar-refractivity contribution is 1.35. The molecule has 0 saturated heterocycles. The van der Waals surface area contributed by atoms with E-state index in [2.05, 4.69) is 57.9 Å². The molecule has 0 unspecified atom stereocenters. The van der Waals surface area contributed by atoms with Gasteiger partial charge in [0.05, 0.1) is 19.7 Å². The zero-order valence-electron chi connectivity index (χ0n) is 9.54. The van der Waals surface area contributed by atoms with Gasteiger partial charge in [-0.1, -0.05) is 6.07 Å². The van der Waals surface area contributed by atoms with Crippen LogP contribution >= 0.6 is 27.3 Å². The fourth-order valence-electron chi connectivity index (χ4n) is 2.03. The molecule has 1 N–H and O–H groups in total. The normalized spacial score (nSPS) is 11.2. The number of hydrogen-bond donors (Lipinski definition) is 1. The Hall–Kier alpha value is -1.13. The summed E-state index contributed by atoms with van der Waals surface area (Å²) in [6.45, 7) is 4.21. The summed E-state index contributed by atoms with van der Waals surface area (Å²) in [6, 6.07) is 8.43. The molecular formula is C13H11BrN2S. The Kier molecular flexibility index (Phi) is 2.56. The minimum atomic E-state index is 0.949. The van der Waals surface area contributed by atoms with Crippen LogP contribution in [-0.4, -0.2) is 9.97 Å². The van der Waals surface area contributed by atoms with E-state index in [1.165, 1.54) is 11.1 Å². The number of thiophene rings is 1. The van der Waals surface area contributed by atoms with Crippen LogP contribution in [-0.2, 0) is 0 Å². The van der Waals surface area contributed by atoms with Crippen LogP contribution < -0.4 is 0 Å². The van der Waals surface area contributed by atoms with E-state index in [4.69, 9.17) is 0 Å². The third-order valence-electron chi connectivity index (χ3n) is 2.73. The van der Waals surface area contributed by atoms with Crippen molar-refractivity contribution in [1.29, 1.82) is 0 Å². The average molecular weight is 307 g/mol. The molecule has 0 aliphatic heterocycles. The lowest BCUT2D eigenvalue weighted by Crippen LogP contribution is -1.79. The van der Waals surface area contributed by atoms with E-state index in [0.717, 1.165) is 25.5 Å². The van der Waals surface area contributed by atoms with Gasteiger partial charge >= 0.3 is 0 Å². The second-order valence-electron chi connectivity index (χ2n) is 4.17. The molecule has 4 heteroatoms. The summed E-state index contributed by atoms with van der Waals surface area (Å²) >= 11 is 5.17. The molecule has 17 heavy (non-hydrogen) atoms. The Morgan fingerprint density at radius 1 is 1.24 bits per heavy atom. The van der Waals surface area contributed by atoms with Gasteiger partial charge in [0.2, 0.25) is 0 Å². The number of hydrogen-bond acceptors (Lipinski definition) is 2. The van der Waals surface area contributed by atoms with Gasteiger partial charge in [0.25, 0.3) is 0 Å². The van der Waals surface area contributed by atoms with Gasteiger partial charge in [0.1, 0.15) is 5.82 Å². The molecule has 2 aromatic heterocycles. The van der Waals surface area contributed by atoms with Crippen molar-refractivity contribution in [3.63, 3.8) is 0 Å². The van der Waals surface area contributed by atoms with E-state index < -0.39 is 0 Å². The molecule has 2 heterocycles. The Morgan fingerprint density at radius 3 is 2.76 bits per heavy atom. The lowest BCUT2D eigenvalue weighted by atomic mass is 10.1. The number of aryl methyl sites for hydroxylation is 2. The number of benzene rings is 1. The fraction of sp³-hybridized carbons (Fsp3) is 0.154. The molecule has 0 atom stereocenters. The van der Waals surface area contributed by atoms with Crippen molar-refractivity contribution in [1.82, 2.24) is 9.97 Å². The molecule has 2 nitrogen and oxygen atoms in total. The number of H-pyrrole nitrogens is 1. The smallest absolute Gasteiger partial charge is 0.148 e. The van der Waals surface area contributed by atoms with Crippen molar-refractivity contribution in [3.05, 3.63) is 39.2 Å². The van der Waals surface area contributed by atoms with E-state index in [9.17, 15) is 0 Å². The number of imidazole rings is 1. The van der Waals surface area contributed by atoms with Gasteiger partial charge in [-0.2, -0.15) is 0 Å². The molecule has 0 aliphatic rings. The van der Waals surface area contributed by atoms with Crippen LogP contribution in [0.4, 0.5) is 0 Å². The van der Waals surface area contributed by atoms with E-state index in [1.54, 1.807) is 11.3 Å². The third-order valence-corrected chi connectivity index (χ3v) is 4.36. The van der Waals surface area contributed by atoms with Crippen molar-refractivity contribution >= 4 is 38.3 Å². The largest absolute Gasteiger partial charge is 0.337 e. The summed E-state index contributed by atoms with van der Waals surface area (Å²) in [5.41, 5.74) is 4.66. The summed E-state index contributed by atoms with van der Waals surface area (Å²) in [6.07, 6.45) is 0. The zero-order valence-corrected chi connectivity index (χ0v) is 11.9. The van der Waals surface area contributed by atoms with Crippen LogP contribution in [0.25, 0.3) is 21.7 Å². The number of aromatic nitrogens is 2. The van der Waals surface area contributed by atoms with Crippen LogP contribution in [0.15, 0.2) is 28.1 Å². The predicted molar refractivity (Wildman–Crippen MR) is 76.6 cm³/mol. The van der Waals surface area contributed by atoms with Crippen LogP contribution in [0.5, 0.6) is 0 Å². The second-order valence-corrected chi connectivity index (χ2v) is 6.63.